The van der Waals surface area contributed by atoms with Crippen LogP contribution in [0.3, 0.4) is 0 Å². The number of fused-ring (bicyclic) bond motifs is 2. The minimum absolute atomic E-state index is 0.101. The van der Waals surface area contributed by atoms with Gasteiger partial charge < -0.3 is 10.2 Å². The zero-order valence-corrected chi connectivity index (χ0v) is 15.0. The van der Waals surface area contributed by atoms with E-state index in [4.69, 9.17) is 0 Å². The number of hydrogen-bond donors (Lipinski definition) is 1. The zero-order chi connectivity index (χ0) is 17.3. The number of likely N-dealkylation sites (N-methyl/N-ethyl adjacent to an activating group) is 1. The molecule has 1 N–H and O–H groups in total. The fraction of sp³-hybridized carbons (Fsp3) is 0.600. The highest BCUT2D eigenvalue weighted by Crippen LogP contribution is 2.49. The van der Waals surface area contributed by atoms with Crippen molar-refractivity contribution in [2.75, 3.05) is 18.9 Å². The second-order valence-corrected chi connectivity index (χ2v) is 7.68. The first-order valence-corrected chi connectivity index (χ1v) is 9.04. The first kappa shape index (κ1) is 17.0. The van der Waals surface area contributed by atoms with E-state index in [1.54, 1.807) is 11.9 Å². The highest BCUT2D eigenvalue weighted by Gasteiger charge is 2.40. The number of nitrogens with zero attached hydrogens (tertiary/aromatic N) is 1. The average molecular weight is 328 g/mol. The van der Waals surface area contributed by atoms with Crippen molar-refractivity contribution in [2.45, 2.75) is 46.0 Å². The first-order chi connectivity index (χ1) is 11.4. The Morgan fingerprint density at radius 1 is 1.21 bits per heavy atom. The molecule has 0 aliphatic heterocycles. The Kier molecular flexibility index (Phi) is 4.93. The molecule has 2 fully saturated rings. The normalized spacial score (nSPS) is 24.9. The molecule has 3 atom stereocenters. The molecule has 1 aromatic carbocycles. The first-order valence-electron chi connectivity index (χ1n) is 9.04. The van der Waals surface area contributed by atoms with Crippen molar-refractivity contribution in [1.82, 2.24) is 4.90 Å². The maximum atomic E-state index is 12.4. The summed E-state index contributed by atoms with van der Waals surface area (Å²) in [6, 6.07) is 5.86. The van der Waals surface area contributed by atoms with Crippen LogP contribution in [0.2, 0.25) is 0 Å². The van der Waals surface area contributed by atoms with Gasteiger partial charge in [0.25, 0.3) is 0 Å². The molecule has 2 aliphatic rings. The third-order valence-corrected chi connectivity index (χ3v) is 6.01. The lowest BCUT2D eigenvalue weighted by atomic mass is 9.86. The maximum absolute atomic E-state index is 12.4. The summed E-state index contributed by atoms with van der Waals surface area (Å²) in [5.74, 6) is 2.11. The molecule has 2 saturated carbocycles. The van der Waals surface area contributed by atoms with Crippen LogP contribution in [-0.4, -0.2) is 30.3 Å². The van der Waals surface area contributed by atoms with E-state index >= 15 is 0 Å². The van der Waals surface area contributed by atoms with Crippen LogP contribution in [0.4, 0.5) is 5.69 Å². The van der Waals surface area contributed by atoms with E-state index in [0.717, 1.165) is 28.7 Å². The molecule has 0 heterocycles. The third-order valence-electron chi connectivity index (χ3n) is 6.01. The minimum Gasteiger partial charge on any atom is -0.336 e. The van der Waals surface area contributed by atoms with E-state index < -0.39 is 0 Å². The summed E-state index contributed by atoms with van der Waals surface area (Å²) >= 11 is 0. The molecule has 2 bridgehead atoms. The molecule has 4 nitrogen and oxygen atoms in total. The Hall–Kier alpha value is -1.84. The summed E-state index contributed by atoms with van der Waals surface area (Å²) in [7, 11) is 1.73. The van der Waals surface area contributed by atoms with Crippen LogP contribution in [0.1, 0.15) is 43.2 Å². The van der Waals surface area contributed by atoms with Crippen molar-refractivity contribution >= 4 is 17.5 Å². The van der Waals surface area contributed by atoms with Crippen LogP contribution < -0.4 is 5.32 Å². The van der Waals surface area contributed by atoms with Crippen molar-refractivity contribution < 1.29 is 9.59 Å². The second-order valence-electron chi connectivity index (χ2n) is 7.68. The SMILES string of the molecule is Cc1cccc(NC(=O)CN(C)C(=O)C[C@H]2C[C@@H]3CC[C@@H]2C3)c1C. The van der Waals surface area contributed by atoms with Crippen LogP contribution in [-0.2, 0) is 9.59 Å². The van der Waals surface area contributed by atoms with Gasteiger partial charge in [0.05, 0.1) is 6.54 Å². The molecule has 0 spiro atoms. The van der Waals surface area contributed by atoms with Crippen molar-refractivity contribution in [3.63, 3.8) is 0 Å². The second kappa shape index (κ2) is 6.96. The third kappa shape index (κ3) is 3.63. The van der Waals surface area contributed by atoms with Gasteiger partial charge in [-0.1, -0.05) is 18.6 Å². The van der Waals surface area contributed by atoms with Crippen molar-refractivity contribution in [3.8, 4) is 0 Å². The Morgan fingerprint density at radius 3 is 2.67 bits per heavy atom. The number of carbonyl (C=O) groups excluding carboxylic acids is 2. The molecule has 1 aromatic rings. The molecule has 24 heavy (non-hydrogen) atoms. The van der Waals surface area contributed by atoms with Gasteiger partial charge in [0.2, 0.25) is 11.8 Å². The maximum Gasteiger partial charge on any atom is 0.243 e. The molecule has 0 unspecified atom stereocenters. The number of anilines is 1. The topological polar surface area (TPSA) is 49.4 Å². The smallest absolute Gasteiger partial charge is 0.243 e. The molecule has 2 amide bonds. The molecular formula is C20H28N2O2. The lowest BCUT2D eigenvalue weighted by molar-refractivity contribution is -0.134. The Bertz CT molecular complexity index is 641. The predicted octanol–water partition coefficient (Wildman–Crippen LogP) is 3.53. The van der Waals surface area contributed by atoms with E-state index in [1.165, 1.54) is 25.7 Å². The van der Waals surface area contributed by atoms with Gasteiger partial charge in [-0.05, 0) is 68.1 Å². The molecule has 130 valence electrons. The summed E-state index contributed by atoms with van der Waals surface area (Å²) in [6.45, 7) is 4.14. The summed E-state index contributed by atoms with van der Waals surface area (Å²) < 4.78 is 0. The highest BCUT2D eigenvalue weighted by molar-refractivity contribution is 5.95. The number of aryl methyl sites for hydroxylation is 1. The molecular weight excluding hydrogens is 300 g/mol. The molecule has 0 saturated heterocycles. The molecule has 4 heteroatoms. The van der Waals surface area contributed by atoms with Gasteiger partial charge in [0.15, 0.2) is 0 Å². The fourth-order valence-corrected chi connectivity index (χ4v) is 4.39. The number of benzene rings is 1. The molecule has 0 aromatic heterocycles. The van der Waals surface area contributed by atoms with Gasteiger partial charge >= 0.3 is 0 Å². The van der Waals surface area contributed by atoms with Crippen molar-refractivity contribution in [2.24, 2.45) is 17.8 Å². The highest BCUT2D eigenvalue weighted by atomic mass is 16.2. The van der Waals surface area contributed by atoms with Crippen LogP contribution in [0.5, 0.6) is 0 Å². The monoisotopic (exact) mass is 328 g/mol. The standard InChI is InChI=1S/C20H28N2O2/c1-13-5-4-6-18(14(13)2)21-19(23)12-22(3)20(24)11-17-10-15-7-8-16(17)9-15/h4-6,15-17H,7-12H2,1-3H3,(H,21,23)/t15-,16-,17-/m1/s1. The van der Waals surface area contributed by atoms with E-state index in [9.17, 15) is 9.59 Å². The van der Waals surface area contributed by atoms with Crippen molar-refractivity contribution in [1.29, 1.82) is 0 Å². The summed E-state index contributed by atoms with van der Waals surface area (Å²) in [6.07, 6.45) is 5.77. The number of nitrogens with one attached hydrogen (secondary N) is 1. The fourth-order valence-electron chi connectivity index (χ4n) is 4.39. The van der Waals surface area contributed by atoms with Gasteiger partial charge in [0, 0.05) is 19.2 Å². The predicted molar refractivity (Wildman–Crippen MR) is 95.7 cm³/mol. The Labute approximate surface area is 144 Å². The number of hydrogen-bond acceptors (Lipinski definition) is 2. The Morgan fingerprint density at radius 2 is 2.00 bits per heavy atom. The minimum atomic E-state index is -0.132. The molecule has 0 radical (unpaired) electrons. The van der Waals surface area contributed by atoms with Crippen LogP contribution in [0.15, 0.2) is 18.2 Å². The number of amides is 2. The number of carbonyl (C=O) groups is 2. The summed E-state index contributed by atoms with van der Waals surface area (Å²) in [5, 5.41) is 2.92. The summed E-state index contributed by atoms with van der Waals surface area (Å²) in [4.78, 5) is 26.3. The van der Waals surface area contributed by atoms with Gasteiger partial charge in [-0.3, -0.25) is 9.59 Å². The van der Waals surface area contributed by atoms with Gasteiger partial charge in [-0.2, -0.15) is 0 Å². The summed E-state index contributed by atoms with van der Waals surface area (Å²) in [5.41, 5.74) is 3.05. The van der Waals surface area contributed by atoms with Gasteiger partial charge in [-0.25, -0.2) is 0 Å². The quantitative estimate of drug-likeness (QED) is 0.899. The van der Waals surface area contributed by atoms with E-state index in [0.29, 0.717) is 12.3 Å². The van der Waals surface area contributed by atoms with E-state index in [-0.39, 0.29) is 18.4 Å². The number of rotatable bonds is 5. The van der Waals surface area contributed by atoms with Crippen LogP contribution in [0, 0.1) is 31.6 Å². The Balaban J connectivity index is 1.50. The van der Waals surface area contributed by atoms with Crippen LogP contribution >= 0.6 is 0 Å². The van der Waals surface area contributed by atoms with E-state index in [1.807, 2.05) is 32.0 Å². The van der Waals surface area contributed by atoms with E-state index in [2.05, 4.69) is 5.32 Å². The largest absolute Gasteiger partial charge is 0.336 e. The molecule has 3 rings (SSSR count). The van der Waals surface area contributed by atoms with Gasteiger partial charge in [0.1, 0.15) is 0 Å². The van der Waals surface area contributed by atoms with Crippen molar-refractivity contribution in [3.05, 3.63) is 29.3 Å². The lowest BCUT2D eigenvalue weighted by Crippen LogP contribution is -2.36. The molecule has 2 aliphatic carbocycles. The average Bonchev–Trinajstić information content (AvgIpc) is 3.14. The van der Waals surface area contributed by atoms with Gasteiger partial charge in [-0.15, -0.1) is 0 Å². The zero-order valence-electron chi connectivity index (χ0n) is 15.0. The van der Waals surface area contributed by atoms with Crippen LogP contribution in [0.25, 0.3) is 0 Å². The lowest BCUT2D eigenvalue weighted by Gasteiger charge is -2.24.